The first-order valence-electron chi connectivity index (χ1n) is 10.8. The van der Waals surface area contributed by atoms with E-state index in [1.807, 2.05) is 48.7 Å². The fourth-order valence-electron chi connectivity index (χ4n) is 3.72. The van der Waals surface area contributed by atoms with Crippen molar-refractivity contribution in [3.8, 4) is 5.75 Å². The number of carbonyl (C=O) groups is 1. The van der Waals surface area contributed by atoms with E-state index < -0.39 is 0 Å². The summed E-state index contributed by atoms with van der Waals surface area (Å²) in [5.41, 5.74) is 2.96. The second-order valence-corrected chi connectivity index (χ2v) is 10.0. The molecule has 0 saturated heterocycles. The molecule has 0 bridgehead atoms. The highest BCUT2D eigenvalue weighted by molar-refractivity contribution is 14.1. The minimum absolute atomic E-state index is 0.0842. The van der Waals surface area contributed by atoms with Crippen molar-refractivity contribution in [2.45, 2.75) is 32.2 Å². The first-order valence-corrected chi connectivity index (χ1v) is 12.9. The molecule has 0 aliphatic carbocycles. The van der Waals surface area contributed by atoms with Gasteiger partial charge in [-0.25, -0.2) is 0 Å². The molecule has 0 saturated carbocycles. The van der Waals surface area contributed by atoms with Gasteiger partial charge in [-0.2, -0.15) is 0 Å². The van der Waals surface area contributed by atoms with Gasteiger partial charge < -0.3 is 10.1 Å². The van der Waals surface area contributed by atoms with Crippen LogP contribution in [-0.4, -0.2) is 26.4 Å². The SMILES string of the molecule is C=CCn1c(COc2cccc3ccccc23)nnc1SCC(=O)Nc1c(C)cc(I)cc1C. The lowest BCUT2D eigenvalue weighted by Gasteiger charge is -2.13. The lowest BCUT2D eigenvalue weighted by atomic mass is 10.1. The van der Waals surface area contributed by atoms with Crippen LogP contribution in [0.5, 0.6) is 5.75 Å². The molecule has 0 fully saturated rings. The van der Waals surface area contributed by atoms with Gasteiger partial charge in [0.2, 0.25) is 5.91 Å². The van der Waals surface area contributed by atoms with Gasteiger partial charge in [0.25, 0.3) is 0 Å². The van der Waals surface area contributed by atoms with Crippen LogP contribution in [-0.2, 0) is 17.9 Å². The predicted octanol–water partition coefficient (Wildman–Crippen LogP) is 6.15. The average molecular weight is 584 g/mol. The second-order valence-electron chi connectivity index (χ2n) is 7.82. The summed E-state index contributed by atoms with van der Waals surface area (Å²) in [5, 5.41) is 14.5. The number of amides is 1. The summed E-state index contributed by atoms with van der Waals surface area (Å²) in [6.07, 6.45) is 1.78. The Kier molecular flexibility index (Phi) is 7.89. The number of rotatable bonds is 9. The summed E-state index contributed by atoms with van der Waals surface area (Å²) < 4.78 is 9.18. The number of aryl methyl sites for hydroxylation is 2. The molecule has 4 aromatic rings. The summed E-state index contributed by atoms with van der Waals surface area (Å²) in [5.74, 6) is 1.62. The van der Waals surface area contributed by atoms with Crippen molar-refractivity contribution in [3.05, 3.63) is 87.8 Å². The number of hydrogen-bond acceptors (Lipinski definition) is 5. The highest BCUT2D eigenvalue weighted by Crippen LogP contribution is 2.27. The third-order valence-electron chi connectivity index (χ3n) is 5.31. The van der Waals surface area contributed by atoms with Crippen molar-refractivity contribution in [3.63, 3.8) is 0 Å². The van der Waals surface area contributed by atoms with Gasteiger partial charge >= 0.3 is 0 Å². The van der Waals surface area contributed by atoms with Crippen LogP contribution in [0.15, 0.2) is 72.4 Å². The summed E-state index contributed by atoms with van der Waals surface area (Å²) in [6, 6.07) is 18.2. The van der Waals surface area contributed by atoms with E-state index in [9.17, 15) is 4.79 Å². The maximum atomic E-state index is 12.7. The molecule has 0 spiro atoms. The number of fused-ring (bicyclic) bond motifs is 1. The van der Waals surface area contributed by atoms with E-state index in [1.54, 1.807) is 6.08 Å². The van der Waals surface area contributed by atoms with Crippen LogP contribution in [0.4, 0.5) is 5.69 Å². The van der Waals surface area contributed by atoms with E-state index in [1.165, 1.54) is 11.8 Å². The molecule has 0 unspecified atom stereocenters. The molecule has 4 rings (SSSR count). The van der Waals surface area contributed by atoms with E-state index in [4.69, 9.17) is 4.74 Å². The van der Waals surface area contributed by atoms with E-state index in [-0.39, 0.29) is 18.3 Å². The minimum Gasteiger partial charge on any atom is -0.485 e. The van der Waals surface area contributed by atoms with Gasteiger partial charge in [-0.05, 0) is 71.2 Å². The third-order valence-corrected chi connectivity index (χ3v) is 6.90. The molecule has 1 aromatic heterocycles. The van der Waals surface area contributed by atoms with Crippen molar-refractivity contribution in [2.75, 3.05) is 11.1 Å². The number of aromatic nitrogens is 3. The van der Waals surface area contributed by atoms with E-state index >= 15 is 0 Å². The number of carbonyl (C=O) groups excluding carboxylic acids is 1. The molecular weight excluding hydrogens is 559 g/mol. The van der Waals surface area contributed by atoms with Gasteiger partial charge in [-0.1, -0.05) is 54.2 Å². The highest BCUT2D eigenvalue weighted by Gasteiger charge is 2.16. The number of anilines is 1. The number of thioether (sulfide) groups is 1. The quantitative estimate of drug-likeness (QED) is 0.145. The Hall–Kier alpha value is -2.85. The Morgan fingerprint density at radius 1 is 1.15 bits per heavy atom. The van der Waals surface area contributed by atoms with Crippen LogP contribution >= 0.6 is 34.4 Å². The number of hydrogen-bond donors (Lipinski definition) is 1. The molecular formula is C26H25IN4O2S. The Morgan fingerprint density at radius 2 is 1.88 bits per heavy atom. The molecule has 0 atom stereocenters. The Morgan fingerprint density at radius 3 is 2.65 bits per heavy atom. The van der Waals surface area contributed by atoms with Crippen molar-refractivity contribution < 1.29 is 9.53 Å². The fourth-order valence-corrected chi connectivity index (χ4v) is 5.42. The van der Waals surface area contributed by atoms with Crippen LogP contribution < -0.4 is 10.1 Å². The van der Waals surface area contributed by atoms with E-state index in [0.717, 1.165) is 36.9 Å². The van der Waals surface area contributed by atoms with Gasteiger partial charge in [0.15, 0.2) is 11.0 Å². The number of allylic oxidation sites excluding steroid dienone is 1. The molecule has 174 valence electrons. The number of halogens is 1. The third kappa shape index (κ3) is 5.61. The maximum absolute atomic E-state index is 12.7. The first kappa shape index (κ1) is 24.3. The first-order chi connectivity index (χ1) is 16.5. The van der Waals surface area contributed by atoms with E-state index in [0.29, 0.717) is 17.5 Å². The van der Waals surface area contributed by atoms with Gasteiger partial charge in [-0.15, -0.1) is 16.8 Å². The zero-order valence-electron chi connectivity index (χ0n) is 19.0. The number of nitrogens with zero attached hydrogens (tertiary/aromatic N) is 3. The van der Waals surface area contributed by atoms with Crippen molar-refractivity contribution in [2.24, 2.45) is 0 Å². The van der Waals surface area contributed by atoms with Crippen LogP contribution in [0, 0.1) is 17.4 Å². The lowest BCUT2D eigenvalue weighted by Crippen LogP contribution is -2.16. The fraction of sp³-hybridized carbons (Fsp3) is 0.192. The van der Waals surface area contributed by atoms with Gasteiger partial charge in [-0.3, -0.25) is 9.36 Å². The molecule has 3 aromatic carbocycles. The average Bonchev–Trinajstić information content (AvgIpc) is 3.20. The zero-order chi connectivity index (χ0) is 24.1. The predicted molar refractivity (Wildman–Crippen MR) is 146 cm³/mol. The minimum atomic E-state index is -0.0842. The summed E-state index contributed by atoms with van der Waals surface area (Å²) in [4.78, 5) is 12.7. The zero-order valence-corrected chi connectivity index (χ0v) is 22.0. The maximum Gasteiger partial charge on any atom is 0.234 e. The normalized spacial score (nSPS) is 10.9. The smallest absolute Gasteiger partial charge is 0.234 e. The molecule has 0 radical (unpaired) electrons. The van der Waals surface area contributed by atoms with Crippen LogP contribution in [0.3, 0.4) is 0 Å². The summed E-state index contributed by atoms with van der Waals surface area (Å²) >= 11 is 3.63. The largest absolute Gasteiger partial charge is 0.485 e. The second kappa shape index (κ2) is 11.1. The highest BCUT2D eigenvalue weighted by atomic mass is 127. The standard InChI is InChI=1S/C26H25IN4O2S/c1-4-12-31-23(15-33-22-11-7-9-19-8-5-6-10-21(19)22)29-30-26(31)34-16-24(32)28-25-17(2)13-20(27)14-18(25)3/h4-11,13-14H,1,12,15-16H2,2-3H3,(H,28,32). The Labute approximate surface area is 216 Å². The van der Waals surface area contributed by atoms with Crippen molar-refractivity contribution in [1.82, 2.24) is 14.8 Å². The van der Waals surface area contributed by atoms with Crippen LogP contribution in [0.2, 0.25) is 0 Å². The molecule has 1 heterocycles. The van der Waals surface area contributed by atoms with Crippen molar-refractivity contribution >= 4 is 56.7 Å². The number of ether oxygens (including phenoxy) is 1. The Bertz CT molecular complexity index is 1320. The number of nitrogens with one attached hydrogen (secondary N) is 1. The molecule has 1 N–H and O–H groups in total. The summed E-state index contributed by atoms with van der Waals surface area (Å²) in [6.45, 7) is 8.64. The topological polar surface area (TPSA) is 69.0 Å². The van der Waals surface area contributed by atoms with Crippen LogP contribution in [0.25, 0.3) is 10.8 Å². The molecule has 0 aliphatic heterocycles. The van der Waals surface area contributed by atoms with Gasteiger partial charge in [0.1, 0.15) is 12.4 Å². The molecule has 8 heteroatoms. The Balaban J connectivity index is 1.44. The monoisotopic (exact) mass is 584 g/mol. The van der Waals surface area contributed by atoms with Gasteiger partial charge in [0.05, 0.1) is 5.75 Å². The van der Waals surface area contributed by atoms with Crippen LogP contribution in [0.1, 0.15) is 17.0 Å². The van der Waals surface area contributed by atoms with Crippen molar-refractivity contribution in [1.29, 1.82) is 0 Å². The molecule has 1 amide bonds. The van der Waals surface area contributed by atoms with Gasteiger partial charge in [0, 0.05) is 21.2 Å². The van der Waals surface area contributed by atoms with E-state index in [2.05, 4.69) is 68.9 Å². The molecule has 0 aliphatic rings. The lowest BCUT2D eigenvalue weighted by molar-refractivity contribution is -0.113. The molecule has 34 heavy (non-hydrogen) atoms. The number of benzene rings is 3. The molecule has 6 nitrogen and oxygen atoms in total. The summed E-state index contributed by atoms with van der Waals surface area (Å²) in [7, 11) is 0.